The van der Waals surface area contributed by atoms with E-state index in [0.717, 1.165) is 42.1 Å². The van der Waals surface area contributed by atoms with Crippen LogP contribution in [0.5, 0.6) is 0 Å². The monoisotopic (exact) mass is 462 g/mol. The third-order valence-corrected chi connectivity index (χ3v) is 6.28. The van der Waals surface area contributed by atoms with Gasteiger partial charge in [0, 0.05) is 49.3 Å². The van der Waals surface area contributed by atoms with Gasteiger partial charge >= 0.3 is 0 Å². The molecule has 0 aliphatic carbocycles. The van der Waals surface area contributed by atoms with Crippen molar-refractivity contribution in [3.8, 4) is 11.3 Å². The van der Waals surface area contributed by atoms with Gasteiger partial charge in [0.1, 0.15) is 5.52 Å². The molecule has 34 heavy (non-hydrogen) atoms. The summed E-state index contributed by atoms with van der Waals surface area (Å²) < 4.78 is 9.31. The third-order valence-electron chi connectivity index (χ3n) is 6.28. The molecule has 1 N–H and O–H groups in total. The molecule has 178 valence electrons. The van der Waals surface area contributed by atoms with Gasteiger partial charge in [0.15, 0.2) is 5.82 Å². The molecule has 1 aliphatic heterocycles. The molecule has 1 amide bonds. The lowest BCUT2D eigenvalue weighted by Crippen LogP contribution is -2.37. The molecule has 1 fully saturated rings. The molecule has 0 radical (unpaired) electrons. The SMILES string of the molecule is Cn1cc(-c2cn3nccc3c(N3CCC(C)(CNC(=O)c4cnc(C(C)(C)C)o4)C3)n2)cn1. The minimum atomic E-state index is -0.243. The molecule has 5 heterocycles. The number of hydrogen-bond acceptors (Lipinski definition) is 7. The molecule has 1 saturated heterocycles. The Kier molecular flexibility index (Phi) is 5.18. The Morgan fingerprint density at radius 3 is 2.76 bits per heavy atom. The highest BCUT2D eigenvalue weighted by Crippen LogP contribution is 2.35. The smallest absolute Gasteiger partial charge is 0.288 e. The van der Waals surface area contributed by atoms with Gasteiger partial charge < -0.3 is 14.6 Å². The van der Waals surface area contributed by atoms with Gasteiger partial charge in [0.05, 0.1) is 30.5 Å². The predicted molar refractivity (Wildman–Crippen MR) is 128 cm³/mol. The maximum absolute atomic E-state index is 12.7. The summed E-state index contributed by atoms with van der Waals surface area (Å²) in [5, 5.41) is 11.8. The number of amides is 1. The largest absolute Gasteiger partial charge is 0.435 e. The highest BCUT2D eigenvalue weighted by molar-refractivity contribution is 5.91. The molecular formula is C24H30N8O2. The lowest BCUT2D eigenvalue weighted by atomic mass is 9.90. The Balaban J connectivity index is 1.32. The molecule has 0 aromatic carbocycles. The summed E-state index contributed by atoms with van der Waals surface area (Å²) in [6, 6.07) is 1.98. The summed E-state index contributed by atoms with van der Waals surface area (Å²) in [5.41, 5.74) is 2.37. The molecule has 1 aliphatic rings. The number of nitrogens with one attached hydrogen (secondary N) is 1. The molecule has 1 unspecified atom stereocenters. The molecule has 0 saturated carbocycles. The second-order valence-corrected chi connectivity index (χ2v) is 10.5. The topological polar surface area (TPSA) is 106 Å². The number of carbonyl (C=O) groups is 1. The van der Waals surface area contributed by atoms with E-state index in [1.54, 1.807) is 17.1 Å². The van der Waals surface area contributed by atoms with E-state index < -0.39 is 0 Å². The van der Waals surface area contributed by atoms with Gasteiger partial charge in [0.25, 0.3) is 5.91 Å². The van der Waals surface area contributed by atoms with Crippen LogP contribution in [0.4, 0.5) is 5.82 Å². The molecule has 1 atom stereocenters. The average molecular weight is 463 g/mol. The van der Waals surface area contributed by atoms with Crippen LogP contribution in [0, 0.1) is 5.41 Å². The normalized spacial score (nSPS) is 18.7. The number of rotatable bonds is 5. The zero-order valence-corrected chi connectivity index (χ0v) is 20.2. The zero-order chi connectivity index (χ0) is 24.1. The van der Waals surface area contributed by atoms with Crippen LogP contribution in [0.15, 0.2) is 41.5 Å². The first-order valence-electron chi connectivity index (χ1n) is 11.4. The van der Waals surface area contributed by atoms with Gasteiger partial charge in [-0.25, -0.2) is 14.5 Å². The first kappa shape index (κ1) is 22.1. The predicted octanol–water partition coefficient (Wildman–Crippen LogP) is 3.06. The Morgan fingerprint density at radius 2 is 2.06 bits per heavy atom. The molecule has 0 bridgehead atoms. The van der Waals surface area contributed by atoms with E-state index in [2.05, 4.69) is 32.3 Å². The first-order valence-corrected chi connectivity index (χ1v) is 11.4. The summed E-state index contributed by atoms with van der Waals surface area (Å²) in [6.45, 7) is 10.3. The van der Waals surface area contributed by atoms with Crippen molar-refractivity contribution in [1.82, 2.24) is 34.7 Å². The second-order valence-electron chi connectivity index (χ2n) is 10.5. The van der Waals surface area contributed by atoms with E-state index in [-0.39, 0.29) is 22.5 Å². The summed E-state index contributed by atoms with van der Waals surface area (Å²) in [6.07, 6.45) is 9.89. The number of aryl methyl sites for hydroxylation is 1. The Labute approximate surface area is 198 Å². The van der Waals surface area contributed by atoms with Crippen molar-refractivity contribution in [2.24, 2.45) is 12.5 Å². The summed E-state index contributed by atoms with van der Waals surface area (Å²) in [4.78, 5) is 24.2. The fourth-order valence-corrected chi connectivity index (χ4v) is 4.29. The summed E-state index contributed by atoms with van der Waals surface area (Å²) in [5.74, 6) is 1.45. The summed E-state index contributed by atoms with van der Waals surface area (Å²) >= 11 is 0. The van der Waals surface area contributed by atoms with E-state index in [0.29, 0.717) is 12.4 Å². The van der Waals surface area contributed by atoms with Gasteiger partial charge in [-0.05, 0) is 12.5 Å². The van der Waals surface area contributed by atoms with Crippen LogP contribution in [-0.2, 0) is 12.5 Å². The van der Waals surface area contributed by atoms with E-state index in [1.165, 1.54) is 6.20 Å². The fraction of sp³-hybridized carbons (Fsp3) is 0.458. The lowest BCUT2D eigenvalue weighted by Gasteiger charge is -2.25. The number of fused-ring (bicyclic) bond motifs is 1. The van der Waals surface area contributed by atoms with E-state index >= 15 is 0 Å². The van der Waals surface area contributed by atoms with Crippen molar-refractivity contribution in [3.63, 3.8) is 0 Å². The number of carbonyl (C=O) groups excluding carboxylic acids is 1. The Hall–Kier alpha value is -3.69. The Bertz CT molecular complexity index is 1340. The van der Waals surface area contributed by atoms with Crippen LogP contribution in [0.25, 0.3) is 16.8 Å². The van der Waals surface area contributed by atoms with Gasteiger partial charge in [0.2, 0.25) is 11.7 Å². The maximum Gasteiger partial charge on any atom is 0.288 e. The lowest BCUT2D eigenvalue weighted by molar-refractivity contribution is 0.0905. The number of nitrogens with zero attached hydrogens (tertiary/aromatic N) is 7. The highest BCUT2D eigenvalue weighted by atomic mass is 16.4. The van der Waals surface area contributed by atoms with E-state index in [9.17, 15) is 4.79 Å². The van der Waals surface area contributed by atoms with E-state index in [4.69, 9.17) is 9.40 Å². The summed E-state index contributed by atoms with van der Waals surface area (Å²) in [7, 11) is 1.89. The molecule has 4 aromatic heterocycles. The minimum absolute atomic E-state index is 0.106. The van der Waals surface area contributed by atoms with Crippen molar-refractivity contribution in [1.29, 1.82) is 0 Å². The van der Waals surface area contributed by atoms with Gasteiger partial charge in [-0.1, -0.05) is 27.7 Å². The van der Waals surface area contributed by atoms with Crippen LogP contribution in [0.1, 0.15) is 50.6 Å². The molecule has 10 nitrogen and oxygen atoms in total. The van der Waals surface area contributed by atoms with Gasteiger partial charge in [-0.15, -0.1) is 0 Å². The molecule has 0 spiro atoms. The molecule has 5 rings (SSSR count). The molecule has 4 aromatic rings. The van der Waals surface area contributed by atoms with Crippen LogP contribution in [0.3, 0.4) is 0 Å². The third kappa shape index (κ3) is 4.15. The van der Waals surface area contributed by atoms with E-state index in [1.807, 2.05) is 50.8 Å². The van der Waals surface area contributed by atoms with Crippen molar-refractivity contribution in [2.75, 3.05) is 24.5 Å². The van der Waals surface area contributed by atoms with Crippen molar-refractivity contribution >= 4 is 17.2 Å². The van der Waals surface area contributed by atoms with Crippen LogP contribution < -0.4 is 10.2 Å². The maximum atomic E-state index is 12.7. The number of aromatic nitrogens is 6. The minimum Gasteiger partial charge on any atom is -0.435 e. The number of hydrogen-bond donors (Lipinski definition) is 1. The number of oxazole rings is 1. The quantitative estimate of drug-likeness (QED) is 0.486. The second kappa shape index (κ2) is 7.96. The van der Waals surface area contributed by atoms with Gasteiger partial charge in [-0.2, -0.15) is 10.2 Å². The van der Waals surface area contributed by atoms with Crippen LogP contribution in [-0.4, -0.2) is 54.9 Å². The zero-order valence-electron chi connectivity index (χ0n) is 20.2. The average Bonchev–Trinajstić information content (AvgIpc) is 3.56. The highest BCUT2D eigenvalue weighted by Gasteiger charge is 2.36. The van der Waals surface area contributed by atoms with Crippen molar-refractivity contribution < 1.29 is 9.21 Å². The molecular weight excluding hydrogens is 432 g/mol. The number of anilines is 1. The fourth-order valence-electron chi connectivity index (χ4n) is 4.29. The molecule has 10 heteroatoms. The Morgan fingerprint density at radius 1 is 1.24 bits per heavy atom. The van der Waals surface area contributed by atoms with Crippen LogP contribution >= 0.6 is 0 Å². The van der Waals surface area contributed by atoms with Crippen LogP contribution in [0.2, 0.25) is 0 Å². The first-order chi connectivity index (χ1) is 16.1. The van der Waals surface area contributed by atoms with Gasteiger partial charge in [-0.3, -0.25) is 9.48 Å². The van der Waals surface area contributed by atoms with Crippen molar-refractivity contribution in [2.45, 2.75) is 39.5 Å². The standard InChI is InChI=1S/C24H30N8O2/c1-23(2,3)22-25-11-19(34-22)21(33)26-14-24(4)7-9-31(15-24)20-18-6-8-27-32(18)13-17(29-20)16-10-28-30(5)12-16/h6,8,10-13H,7,9,14-15H2,1-5H3,(H,26,33). The van der Waals surface area contributed by atoms with Crippen molar-refractivity contribution in [3.05, 3.63) is 48.7 Å².